The SMILES string of the molecule is CN1CCN(c2nc3c(cc2C(N)=O)CCC3)CC1C(=O)O. The van der Waals surface area contributed by atoms with Crippen molar-refractivity contribution in [1.29, 1.82) is 0 Å². The molecule has 2 aliphatic rings. The second-order valence-electron chi connectivity index (χ2n) is 5.96. The Morgan fingerprint density at radius 2 is 2.14 bits per heavy atom. The molecule has 1 atom stereocenters. The van der Waals surface area contributed by atoms with Crippen LogP contribution < -0.4 is 10.6 Å². The predicted molar refractivity (Wildman–Crippen MR) is 81.0 cm³/mol. The summed E-state index contributed by atoms with van der Waals surface area (Å²) in [7, 11) is 1.79. The Morgan fingerprint density at radius 3 is 2.82 bits per heavy atom. The molecule has 7 nitrogen and oxygen atoms in total. The van der Waals surface area contributed by atoms with Gasteiger partial charge in [-0.05, 0) is 37.9 Å². The van der Waals surface area contributed by atoms with Gasteiger partial charge in [-0.25, -0.2) is 4.98 Å². The van der Waals surface area contributed by atoms with Gasteiger partial charge in [-0.1, -0.05) is 0 Å². The molecule has 7 heteroatoms. The zero-order valence-electron chi connectivity index (χ0n) is 12.6. The first-order chi connectivity index (χ1) is 10.5. The number of carbonyl (C=O) groups is 2. The number of primary amides is 1. The van der Waals surface area contributed by atoms with Crippen LogP contribution in [0.1, 0.15) is 28.0 Å². The Morgan fingerprint density at radius 1 is 1.36 bits per heavy atom. The van der Waals surface area contributed by atoms with Crippen LogP contribution in [0, 0.1) is 0 Å². The molecular formula is C15H20N4O3. The monoisotopic (exact) mass is 304 g/mol. The molecule has 1 amide bonds. The number of carbonyl (C=O) groups excluding carboxylic acids is 1. The highest BCUT2D eigenvalue weighted by molar-refractivity contribution is 5.98. The number of amides is 1. The molecule has 1 aliphatic heterocycles. The van der Waals surface area contributed by atoms with Crippen LogP contribution in [0.25, 0.3) is 0 Å². The van der Waals surface area contributed by atoms with Gasteiger partial charge in [-0.3, -0.25) is 14.5 Å². The van der Waals surface area contributed by atoms with Gasteiger partial charge in [0.05, 0.1) is 5.56 Å². The minimum absolute atomic E-state index is 0.303. The van der Waals surface area contributed by atoms with Gasteiger partial charge in [-0.15, -0.1) is 0 Å². The van der Waals surface area contributed by atoms with Gasteiger partial charge in [0, 0.05) is 25.3 Å². The maximum Gasteiger partial charge on any atom is 0.322 e. The zero-order chi connectivity index (χ0) is 15.9. The summed E-state index contributed by atoms with van der Waals surface area (Å²) in [5.41, 5.74) is 7.99. The molecule has 0 bridgehead atoms. The number of hydrogen-bond donors (Lipinski definition) is 2. The number of rotatable bonds is 3. The summed E-state index contributed by atoms with van der Waals surface area (Å²) in [4.78, 5) is 31.4. The molecule has 0 aromatic carbocycles. The normalized spacial score (nSPS) is 21.7. The number of nitrogens with two attached hydrogens (primary N) is 1. The quantitative estimate of drug-likeness (QED) is 0.807. The summed E-state index contributed by atoms with van der Waals surface area (Å²) >= 11 is 0. The van der Waals surface area contributed by atoms with Crippen molar-refractivity contribution in [2.75, 3.05) is 31.6 Å². The van der Waals surface area contributed by atoms with E-state index in [0.29, 0.717) is 31.0 Å². The molecule has 0 spiro atoms. The van der Waals surface area contributed by atoms with Gasteiger partial charge in [-0.2, -0.15) is 0 Å². The van der Waals surface area contributed by atoms with E-state index < -0.39 is 17.9 Å². The molecule has 1 aromatic heterocycles. The van der Waals surface area contributed by atoms with Crippen molar-refractivity contribution in [2.45, 2.75) is 25.3 Å². The van der Waals surface area contributed by atoms with E-state index in [9.17, 15) is 14.7 Å². The van der Waals surface area contributed by atoms with Gasteiger partial charge in [0.2, 0.25) is 0 Å². The number of carboxylic acid groups (broad SMARTS) is 1. The lowest BCUT2D eigenvalue weighted by Gasteiger charge is -2.38. The van der Waals surface area contributed by atoms with Crippen LogP contribution in [0.5, 0.6) is 0 Å². The third-order valence-corrected chi connectivity index (χ3v) is 4.53. The van der Waals surface area contributed by atoms with Gasteiger partial charge in [0.1, 0.15) is 11.9 Å². The minimum atomic E-state index is -0.867. The summed E-state index contributed by atoms with van der Waals surface area (Å²) in [6.07, 6.45) is 2.85. The van der Waals surface area contributed by atoms with E-state index in [0.717, 1.165) is 30.5 Å². The number of nitrogens with zero attached hydrogens (tertiary/aromatic N) is 3. The van der Waals surface area contributed by atoms with Crippen LogP contribution in [0.4, 0.5) is 5.82 Å². The van der Waals surface area contributed by atoms with E-state index in [2.05, 4.69) is 4.98 Å². The fourth-order valence-corrected chi connectivity index (χ4v) is 3.22. The van der Waals surface area contributed by atoms with Crippen molar-refractivity contribution in [3.8, 4) is 0 Å². The van der Waals surface area contributed by atoms with Crippen molar-refractivity contribution < 1.29 is 14.7 Å². The summed E-state index contributed by atoms with van der Waals surface area (Å²) in [5.74, 6) is -0.843. The molecule has 1 aliphatic carbocycles. The fraction of sp³-hybridized carbons (Fsp3) is 0.533. The zero-order valence-corrected chi connectivity index (χ0v) is 12.6. The average Bonchev–Trinajstić information content (AvgIpc) is 2.93. The van der Waals surface area contributed by atoms with Crippen LogP contribution in [-0.2, 0) is 17.6 Å². The summed E-state index contributed by atoms with van der Waals surface area (Å²) in [5, 5.41) is 9.33. The molecule has 3 N–H and O–H groups in total. The van der Waals surface area contributed by atoms with Crippen LogP contribution in [0.15, 0.2) is 6.07 Å². The van der Waals surface area contributed by atoms with Crippen molar-refractivity contribution >= 4 is 17.7 Å². The van der Waals surface area contributed by atoms with Crippen LogP contribution in [0.2, 0.25) is 0 Å². The number of piperazine rings is 1. The number of fused-ring (bicyclic) bond motifs is 1. The van der Waals surface area contributed by atoms with Gasteiger partial charge < -0.3 is 15.7 Å². The molecular weight excluding hydrogens is 284 g/mol. The molecule has 1 aromatic rings. The Hall–Kier alpha value is -2.15. The first-order valence-electron chi connectivity index (χ1n) is 7.48. The molecule has 1 saturated heterocycles. The first kappa shape index (κ1) is 14.8. The maximum absolute atomic E-state index is 11.8. The Bertz CT molecular complexity index is 631. The van der Waals surface area contributed by atoms with E-state index in [1.165, 1.54) is 0 Å². The van der Waals surface area contributed by atoms with Gasteiger partial charge in [0.15, 0.2) is 0 Å². The van der Waals surface area contributed by atoms with Crippen molar-refractivity contribution in [2.24, 2.45) is 5.73 Å². The fourth-order valence-electron chi connectivity index (χ4n) is 3.22. The van der Waals surface area contributed by atoms with Crippen molar-refractivity contribution in [3.05, 3.63) is 22.9 Å². The second kappa shape index (κ2) is 5.57. The Balaban J connectivity index is 1.97. The largest absolute Gasteiger partial charge is 0.480 e. The van der Waals surface area contributed by atoms with Crippen LogP contribution in [0.3, 0.4) is 0 Å². The maximum atomic E-state index is 11.8. The highest BCUT2D eigenvalue weighted by atomic mass is 16.4. The molecule has 3 rings (SSSR count). The molecule has 0 saturated carbocycles. The number of aromatic nitrogens is 1. The number of hydrogen-bond acceptors (Lipinski definition) is 5. The van der Waals surface area contributed by atoms with Crippen molar-refractivity contribution in [1.82, 2.24) is 9.88 Å². The van der Waals surface area contributed by atoms with E-state index in [4.69, 9.17) is 5.73 Å². The summed E-state index contributed by atoms with van der Waals surface area (Å²) in [6, 6.07) is 1.23. The molecule has 1 unspecified atom stereocenters. The highest BCUT2D eigenvalue weighted by Crippen LogP contribution is 2.28. The smallest absolute Gasteiger partial charge is 0.322 e. The van der Waals surface area contributed by atoms with E-state index in [1.54, 1.807) is 11.9 Å². The third kappa shape index (κ3) is 2.52. The average molecular weight is 304 g/mol. The second-order valence-corrected chi connectivity index (χ2v) is 5.96. The van der Waals surface area contributed by atoms with Gasteiger partial charge >= 0.3 is 5.97 Å². The van der Waals surface area contributed by atoms with E-state index >= 15 is 0 Å². The number of anilines is 1. The topological polar surface area (TPSA) is 99.8 Å². The number of pyridine rings is 1. The number of carboxylic acids is 1. The number of aliphatic carboxylic acids is 1. The lowest BCUT2D eigenvalue weighted by atomic mass is 10.1. The Kier molecular flexibility index (Phi) is 3.74. The predicted octanol–water partition coefficient (Wildman–Crippen LogP) is -0.126. The standard InChI is InChI=1S/C15H20N4O3/c1-18-5-6-19(8-12(18)15(21)22)14-10(13(16)20)7-9-3-2-4-11(9)17-14/h7,12H,2-6,8H2,1H3,(H2,16,20)(H,21,22). The molecule has 2 heterocycles. The first-order valence-corrected chi connectivity index (χ1v) is 7.48. The summed E-state index contributed by atoms with van der Waals surface area (Å²) < 4.78 is 0. The van der Waals surface area contributed by atoms with E-state index in [-0.39, 0.29) is 0 Å². The van der Waals surface area contributed by atoms with Crippen molar-refractivity contribution in [3.63, 3.8) is 0 Å². The molecule has 22 heavy (non-hydrogen) atoms. The van der Waals surface area contributed by atoms with Crippen LogP contribution >= 0.6 is 0 Å². The number of likely N-dealkylation sites (N-methyl/N-ethyl adjacent to an activating group) is 1. The van der Waals surface area contributed by atoms with E-state index in [1.807, 2.05) is 11.0 Å². The molecule has 118 valence electrons. The molecule has 1 fully saturated rings. The Labute approximate surface area is 128 Å². The lowest BCUT2D eigenvalue weighted by Crippen LogP contribution is -2.55. The highest BCUT2D eigenvalue weighted by Gasteiger charge is 2.32. The van der Waals surface area contributed by atoms with Crippen LogP contribution in [-0.4, -0.2) is 59.6 Å². The minimum Gasteiger partial charge on any atom is -0.480 e. The summed E-state index contributed by atoms with van der Waals surface area (Å²) in [6.45, 7) is 1.54. The molecule has 0 radical (unpaired) electrons. The van der Waals surface area contributed by atoms with Gasteiger partial charge in [0.25, 0.3) is 5.91 Å². The number of aryl methyl sites for hydroxylation is 2. The lowest BCUT2D eigenvalue weighted by molar-refractivity contribution is -0.142. The third-order valence-electron chi connectivity index (χ3n) is 4.53.